The predicted molar refractivity (Wildman–Crippen MR) is 113 cm³/mol. The number of carbonyl (C=O) groups excluding carboxylic acids is 2. The van der Waals surface area contributed by atoms with Gasteiger partial charge in [0.05, 0.1) is 13.7 Å². The van der Waals surface area contributed by atoms with Crippen LogP contribution in [0, 0.1) is 0 Å². The molecule has 0 aliphatic carbocycles. The molecule has 0 aliphatic rings. The molecule has 0 fully saturated rings. The number of ether oxygens (including phenoxy) is 3. The van der Waals surface area contributed by atoms with Crippen LogP contribution in [0.2, 0.25) is 0 Å². The van der Waals surface area contributed by atoms with Crippen molar-refractivity contribution in [2.24, 2.45) is 0 Å². The molecule has 6 heteroatoms. The van der Waals surface area contributed by atoms with E-state index >= 15 is 0 Å². The normalized spacial score (nSPS) is 11.7. The van der Waals surface area contributed by atoms with Crippen molar-refractivity contribution in [3.05, 3.63) is 59.7 Å². The first-order chi connectivity index (χ1) is 14.0. The third-order valence-electron chi connectivity index (χ3n) is 4.19. The Hall–Kier alpha value is -3.28. The van der Waals surface area contributed by atoms with Crippen molar-refractivity contribution in [1.29, 1.82) is 0 Å². The second kappa shape index (κ2) is 10.9. The van der Waals surface area contributed by atoms with E-state index in [2.05, 4.69) is 12.2 Å². The molecule has 0 aliphatic heterocycles. The van der Waals surface area contributed by atoms with E-state index in [-0.39, 0.29) is 0 Å². The van der Waals surface area contributed by atoms with E-state index in [0.29, 0.717) is 23.8 Å². The van der Waals surface area contributed by atoms with Gasteiger partial charge in [-0.25, -0.2) is 4.79 Å². The maximum Gasteiger partial charge on any atom is 0.331 e. The maximum atomic E-state index is 12.2. The van der Waals surface area contributed by atoms with E-state index < -0.39 is 18.0 Å². The fourth-order valence-corrected chi connectivity index (χ4v) is 2.56. The first-order valence-electron chi connectivity index (χ1n) is 9.56. The lowest BCUT2D eigenvalue weighted by Crippen LogP contribution is -2.29. The van der Waals surface area contributed by atoms with Gasteiger partial charge in [0.25, 0.3) is 5.91 Å². The molecule has 0 unspecified atom stereocenters. The molecular formula is C23H27NO5. The van der Waals surface area contributed by atoms with Gasteiger partial charge in [0, 0.05) is 11.8 Å². The van der Waals surface area contributed by atoms with E-state index in [1.54, 1.807) is 31.4 Å². The third-order valence-corrected chi connectivity index (χ3v) is 4.19. The molecule has 0 aromatic heterocycles. The monoisotopic (exact) mass is 397 g/mol. The summed E-state index contributed by atoms with van der Waals surface area (Å²) in [5, 5.41) is 2.73. The van der Waals surface area contributed by atoms with Crippen LogP contribution in [0.4, 0.5) is 5.69 Å². The lowest BCUT2D eigenvalue weighted by atomic mass is 10.1. The molecule has 0 bridgehead atoms. The lowest BCUT2D eigenvalue weighted by molar-refractivity contribution is -0.148. The molecule has 2 aromatic rings. The molecule has 2 aromatic carbocycles. The van der Waals surface area contributed by atoms with Crippen molar-refractivity contribution in [3.8, 4) is 11.5 Å². The van der Waals surface area contributed by atoms with Crippen LogP contribution >= 0.6 is 0 Å². The number of rotatable bonds is 9. The summed E-state index contributed by atoms with van der Waals surface area (Å²) in [5.41, 5.74) is 2.58. The molecule has 0 saturated heterocycles. The minimum Gasteiger partial charge on any atom is -0.493 e. The van der Waals surface area contributed by atoms with Gasteiger partial charge < -0.3 is 19.5 Å². The number of carbonyl (C=O) groups is 2. The average Bonchev–Trinajstić information content (AvgIpc) is 2.73. The minimum absolute atomic E-state index is 0.390. The summed E-state index contributed by atoms with van der Waals surface area (Å²) in [4.78, 5) is 24.3. The highest BCUT2D eigenvalue weighted by molar-refractivity contribution is 5.96. The Kier molecular flexibility index (Phi) is 8.27. The van der Waals surface area contributed by atoms with Gasteiger partial charge in [0.2, 0.25) is 0 Å². The zero-order valence-corrected chi connectivity index (χ0v) is 17.2. The largest absolute Gasteiger partial charge is 0.493 e. The molecule has 1 N–H and O–H groups in total. The number of hydrogen-bond acceptors (Lipinski definition) is 5. The number of nitrogens with one attached hydrogen (secondary N) is 1. The van der Waals surface area contributed by atoms with Gasteiger partial charge in [-0.05, 0) is 61.7 Å². The van der Waals surface area contributed by atoms with Crippen LogP contribution in [-0.4, -0.2) is 31.7 Å². The van der Waals surface area contributed by atoms with Gasteiger partial charge in [0.1, 0.15) is 0 Å². The fraction of sp³-hybridized carbons (Fsp3) is 0.304. The molecule has 1 amide bonds. The number of anilines is 1. The summed E-state index contributed by atoms with van der Waals surface area (Å²) in [5.74, 6) is 0.205. The number of methoxy groups -OCH3 is 1. The van der Waals surface area contributed by atoms with Gasteiger partial charge in [-0.3, -0.25) is 4.79 Å². The molecule has 154 valence electrons. The van der Waals surface area contributed by atoms with E-state index in [0.717, 1.165) is 12.0 Å². The van der Waals surface area contributed by atoms with Crippen LogP contribution in [0.3, 0.4) is 0 Å². The van der Waals surface area contributed by atoms with Crippen molar-refractivity contribution in [1.82, 2.24) is 0 Å². The molecule has 0 saturated carbocycles. The molecular weight excluding hydrogens is 370 g/mol. The van der Waals surface area contributed by atoms with Gasteiger partial charge in [-0.1, -0.05) is 25.1 Å². The number of benzene rings is 2. The van der Waals surface area contributed by atoms with Crippen molar-refractivity contribution >= 4 is 23.6 Å². The molecule has 6 nitrogen and oxygen atoms in total. The summed E-state index contributed by atoms with van der Waals surface area (Å²) in [6, 6.07) is 12.9. The smallest absolute Gasteiger partial charge is 0.331 e. The summed E-state index contributed by atoms with van der Waals surface area (Å²) in [6.07, 6.45) is 2.87. The number of amides is 1. The van der Waals surface area contributed by atoms with Crippen LogP contribution in [0.25, 0.3) is 6.08 Å². The highest BCUT2D eigenvalue weighted by atomic mass is 16.5. The number of esters is 1. The van der Waals surface area contributed by atoms with Crippen molar-refractivity contribution < 1.29 is 23.8 Å². The van der Waals surface area contributed by atoms with Gasteiger partial charge in [0.15, 0.2) is 17.6 Å². The second-order valence-electron chi connectivity index (χ2n) is 6.30. The van der Waals surface area contributed by atoms with Crippen LogP contribution in [-0.2, 0) is 20.7 Å². The van der Waals surface area contributed by atoms with Crippen LogP contribution < -0.4 is 14.8 Å². The van der Waals surface area contributed by atoms with Crippen LogP contribution in [0.1, 0.15) is 31.9 Å². The van der Waals surface area contributed by atoms with E-state index in [1.165, 1.54) is 18.6 Å². The Morgan fingerprint density at radius 3 is 2.41 bits per heavy atom. The maximum absolute atomic E-state index is 12.2. The van der Waals surface area contributed by atoms with E-state index in [9.17, 15) is 9.59 Å². The van der Waals surface area contributed by atoms with Crippen molar-refractivity contribution in [2.75, 3.05) is 19.0 Å². The Morgan fingerprint density at radius 2 is 1.79 bits per heavy atom. The Morgan fingerprint density at radius 1 is 1.07 bits per heavy atom. The van der Waals surface area contributed by atoms with Gasteiger partial charge in [-0.15, -0.1) is 0 Å². The standard InChI is InChI=1S/C23H27NO5/c1-5-17-7-11-19(12-8-17)24-23(26)16(3)29-22(25)14-10-18-9-13-20(28-6-2)21(15-18)27-4/h7-16H,5-6H2,1-4H3,(H,24,26)/b14-10+/t16-/m1/s1. The highest BCUT2D eigenvalue weighted by Crippen LogP contribution is 2.28. The summed E-state index contributed by atoms with van der Waals surface area (Å²) in [6.45, 7) is 6.01. The first kappa shape index (κ1) is 22.0. The Balaban J connectivity index is 1.92. The molecule has 2 rings (SSSR count). The lowest BCUT2D eigenvalue weighted by Gasteiger charge is -2.12. The quantitative estimate of drug-likeness (QED) is 0.506. The second-order valence-corrected chi connectivity index (χ2v) is 6.30. The fourth-order valence-electron chi connectivity index (χ4n) is 2.56. The Bertz CT molecular complexity index is 858. The third kappa shape index (κ3) is 6.68. The Labute approximate surface area is 171 Å². The van der Waals surface area contributed by atoms with Crippen molar-refractivity contribution in [2.45, 2.75) is 33.3 Å². The SMILES string of the molecule is CCOc1ccc(/C=C/C(=O)O[C@H](C)C(=O)Nc2ccc(CC)cc2)cc1OC. The van der Waals surface area contributed by atoms with E-state index in [4.69, 9.17) is 14.2 Å². The summed E-state index contributed by atoms with van der Waals surface area (Å²) >= 11 is 0. The molecule has 29 heavy (non-hydrogen) atoms. The topological polar surface area (TPSA) is 73.9 Å². The van der Waals surface area contributed by atoms with E-state index in [1.807, 2.05) is 31.2 Å². The molecule has 0 radical (unpaired) electrons. The zero-order chi connectivity index (χ0) is 21.2. The van der Waals surface area contributed by atoms with Gasteiger partial charge in [-0.2, -0.15) is 0 Å². The van der Waals surface area contributed by atoms with Crippen molar-refractivity contribution in [3.63, 3.8) is 0 Å². The van der Waals surface area contributed by atoms with Crippen LogP contribution in [0.15, 0.2) is 48.5 Å². The molecule has 0 heterocycles. The minimum atomic E-state index is -0.923. The summed E-state index contributed by atoms with van der Waals surface area (Å²) in [7, 11) is 1.55. The van der Waals surface area contributed by atoms with Crippen LogP contribution in [0.5, 0.6) is 11.5 Å². The molecule has 1 atom stereocenters. The predicted octanol–water partition coefficient (Wildman–Crippen LogP) is 4.24. The summed E-state index contributed by atoms with van der Waals surface area (Å²) < 4.78 is 15.9. The number of aryl methyl sites for hydroxylation is 1. The average molecular weight is 397 g/mol. The van der Waals surface area contributed by atoms with Gasteiger partial charge >= 0.3 is 5.97 Å². The molecule has 0 spiro atoms. The highest BCUT2D eigenvalue weighted by Gasteiger charge is 2.16. The number of hydrogen-bond donors (Lipinski definition) is 1. The first-order valence-corrected chi connectivity index (χ1v) is 9.56. The zero-order valence-electron chi connectivity index (χ0n) is 17.2.